The minimum Gasteiger partial charge on any atom is -0.481 e. The van der Waals surface area contributed by atoms with Crippen LogP contribution in [0.1, 0.15) is 33.0 Å². The Labute approximate surface area is 155 Å². The van der Waals surface area contributed by atoms with Crippen molar-refractivity contribution in [3.63, 3.8) is 0 Å². The number of aliphatic carboxylic acids is 1. The number of benzene rings is 1. The molecule has 0 fully saturated rings. The third kappa shape index (κ3) is 4.40. The number of nitrogens with one attached hydrogen (secondary N) is 1. The highest BCUT2D eigenvalue weighted by atomic mass is 35.5. The van der Waals surface area contributed by atoms with Gasteiger partial charge in [0.25, 0.3) is 0 Å². The quantitative estimate of drug-likeness (QED) is 0.759. The first-order valence-corrected chi connectivity index (χ1v) is 9.19. The van der Waals surface area contributed by atoms with Crippen LogP contribution < -0.4 is 5.32 Å². The minimum atomic E-state index is -0.839. The van der Waals surface area contributed by atoms with Crippen molar-refractivity contribution in [1.82, 2.24) is 9.55 Å². The molecule has 130 valence electrons. The van der Waals surface area contributed by atoms with Crippen molar-refractivity contribution in [3.8, 4) is 0 Å². The molecule has 5 nitrogen and oxygen atoms in total. The van der Waals surface area contributed by atoms with Crippen molar-refractivity contribution in [2.75, 3.05) is 11.1 Å². The van der Waals surface area contributed by atoms with Gasteiger partial charge in [-0.05, 0) is 12.1 Å². The predicted molar refractivity (Wildman–Crippen MR) is 105 cm³/mol. The van der Waals surface area contributed by atoms with Gasteiger partial charge in [0.2, 0.25) is 0 Å². The third-order valence-electron chi connectivity index (χ3n) is 3.43. The van der Waals surface area contributed by atoms with Gasteiger partial charge in [0.1, 0.15) is 10.1 Å². The first kappa shape index (κ1) is 19.0. The van der Waals surface area contributed by atoms with E-state index in [1.165, 1.54) is 11.8 Å². The molecule has 0 atom stereocenters. The Kier molecular flexibility index (Phi) is 5.78. The largest absolute Gasteiger partial charge is 0.481 e. The van der Waals surface area contributed by atoms with Crippen LogP contribution in [-0.2, 0) is 17.3 Å². The lowest BCUT2D eigenvalue weighted by Crippen LogP contribution is -2.17. The Bertz CT molecular complexity index is 797. The molecule has 0 aliphatic rings. The summed E-state index contributed by atoms with van der Waals surface area (Å²) in [5.74, 6) is 0.555. The van der Waals surface area contributed by atoms with Crippen LogP contribution in [0.3, 0.4) is 0 Å². The molecule has 2 rings (SSSR count). The van der Waals surface area contributed by atoms with Gasteiger partial charge in [-0.3, -0.25) is 4.79 Å². The van der Waals surface area contributed by atoms with Gasteiger partial charge >= 0.3 is 5.97 Å². The van der Waals surface area contributed by atoms with Crippen molar-refractivity contribution in [1.29, 1.82) is 0 Å². The number of thioether (sulfide) groups is 1. The summed E-state index contributed by atoms with van der Waals surface area (Å²) in [5, 5.41) is 12.3. The van der Waals surface area contributed by atoms with E-state index in [2.05, 4.69) is 35.6 Å². The van der Waals surface area contributed by atoms with Gasteiger partial charge in [0, 0.05) is 18.2 Å². The number of thiocarbonyl (C=S) groups is 1. The SMILES string of the molecule is Cn1c(C(C)(C)C)nc2cc(Cl)c(NC(=S)SCCC(=O)O)cc21. The summed E-state index contributed by atoms with van der Waals surface area (Å²) < 4.78 is 2.55. The van der Waals surface area contributed by atoms with E-state index in [0.29, 0.717) is 20.8 Å². The van der Waals surface area contributed by atoms with Crippen LogP contribution in [0.2, 0.25) is 5.02 Å². The predicted octanol–water partition coefficient (Wildman–Crippen LogP) is 4.43. The van der Waals surface area contributed by atoms with Crippen molar-refractivity contribution in [2.45, 2.75) is 32.6 Å². The molecule has 0 aliphatic carbocycles. The molecule has 0 spiro atoms. The zero-order valence-corrected chi connectivity index (χ0v) is 16.4. The van der Waals surface area contributed by atoms with E-state index < -0.39 is 5.97 Å². The van der Waals surface area contributed by atoms with Gasteiger partial charge in [0.15, 0.2) is 0 Å². The highest BCUT2D eigenvalue weighted by molar-refractivity contribution is 8.23. The van der Waals surface area contributed by atoms with Gasteiger partial charge in [0.05, 0.1) is 28.2 Å². The Morgan fingerprint density at radius 2 is 2.12 bits per heavy atom. The molecular formula is C16H20ClN3O2S2. The van der Waals surface area contributed by atoms with Crippen molar-refractivity contribution < 1.29 is 9.90 Å². The summed E-state index contributed by atoms with van der Waals surface area (Å²) in [6, 6.07) is 3.74. The number of carbonyl (C=O) groups is 1. The standard InChI is InChI=1S/C16H20ClN3O2S2/c1-16(2,3)14-18-11-7-9(17)10(8-12(11)20(14)4)19-15(23)24-6-5-13(21)22/h7-8H,5-6H2,1-4H3,(H,19,23)(H,21,22). The topological polar surface area (TPSA) is 67.2 Å². The Morgan fingerprint density at radius 3 is 2.71 bits per heavy atom. The number of aryl methyl sites for hydroxylation is 1. The summed E-state index contributed by atoms with van der Waals surface area (Å²) in [6.07, 6.45) is 0.0654. The number of hydrogen-bond donors (Lipinski definition) is 2. The normalized spacial score (nSPS) is 11.7. The van der Waals surface area contributed by atoms with E-state index in [4.69, 9.17) is 28.9 Å². The average molecular weight is 386 g/mol. The highest BCUT2D eigenvalue weighted by Crippen LogP contribution is 2.32. The maximum absolute atomic E-state index is 10.6. The summed E-state index contributed by atoms with van der Waals surface area (Å²) >= 11 is 12.9. The molecule has 0 radical (unpaired) electrons. The number of rotatable bonds is 4. The number of carboxylic acids is 1. The van der Waals surface area contributed by atoms with Crippen LogP contribution in [0.15, 0.2) is 12.1 Å². The molecule has 1 heterocycles. The summed E-state index contributed by atoms with van der Waals surface area (Å²) in [4.78, 5) is 15.2. The van der Waals surface area contributed by atoms with E-state index in [1.807, 2.05) is 19.2 Å². The summed E-state index contributed by atoms with van der Waals surface area (Å²) in [6.45, 7) is 6.34. The Hall–Kier alpha value is -1.31. The maximum atomic E-state index is 10.6. The zero-order valence-electron chi connectivity index (χ0n) is 14.0. The van der Waals surface area contributed by atoms with Crippen molar-refractivity contribution in [2.24, 2.45) is 7.05 Å². The number of carboxylic acid groups (broad SMARTS) is 1. The lowest BCUT2D eigenvalue weighted by atomic mass is 9.96. The first-order chi connectivity index (χ1) is 11.1. The summed E-state index contributed by atoms with van der Waals surface area (Å²) in [5.41, 5.74) is 2.42. The van der Waals surface area contributed by atoms with Crippen LogP contribution in [0.25, 0.3) is 11.0 Å². The Morgan fingerprint density at radius 1 is 1.46 bits per heavy atom. The van der Waals surface area contributed by atoms with Gasteiger partial charge in [-0.25, -0.2) is 4.98 Å². The highest BCUT2D eigenvalue weighted by Gasteiger charge is 2.22. The molecule has 2 N–H and O–H groups in total. The number of fused-ring (bicyclic) bond motifs is 1. The number of aromatic nitrogens is 2. The summed E-state index contributed by atoms with van der Waals surface area (Å²) in [7, 11) is 1.98. The zero-order chi connectivity index (χ0) is 18.1. The molecule has 0 amide bonds. The average Bonchev–Trinajstić information content (AvgIpc) is 2.75. The van der Waals surface area contributed by atoms with Gasteiger partial charge in [-0.2, -0.15) is 0 Å². The fraction of sp³-hybridized carbons (Fsp3) is 0.438. The second-order valence-corrected chi connectivity index (χ2v) is 8.65. The Balaban J connectivity index is 2.25. The first-order valence-electron chi connectivity index (χ1n) is 7.41. The maximum Gasteiger partial charge on any atom is 0.304 e. The fourth-order valence-corrected chi connectivity index (χ4v) is 3.57. The number of nitrogens with zero attached hydrogens (tertiary/aromatic N) is 2. The molecule has 0 saturated carbocycles. The van der Waals surface area contributed by atoms with E-state index in [1.54, 1.807) is 0 Å². The molecule has 0 saturated heterocycles. The number of hydrogen-bond acceptors (Lipinski definition) is 4. The van der Waals surface area contributed by atoms with Gasteiger partial charge in [-0.1, -0.05) is 56.4 Å². The monoisotopic (exact) mass is 385 g/mol. The smallest absolute Gasteiger partial charge is 0.304 e. The van der Waals surface area contributed by atoms with Crippen LogP contribution in [0.5, 0.6) is 0 Å². The molecule has 0 bridgehead atoms. The van der Waals surface area contributed by atoms with E-state index in [-0.39, 0.29) is 11.8 Å². The third-order valence-corrected chi connectivity index (χ3v) is 4.97. The molecule has 1 aromatic carbocycles. The van der Waals surface area contributed by atoms with Crippen molar-refractivity contribution >= 4 is 62.6 Å². The molecule has 24 heavy (non-hydrogen) atoms. The van der Waals surface area contributed by atoms with Crippen LogP contribution in [-0.4, -0.2) is 30.7 Å². The molecule has 0 aliphatic heterocycles. The number of halogens is 1. The van der Waals surface area contributed by atoms with Gasteiger partial charge in [-0.15, -0.1) is 0 Å². The number of anilines is 1. The molecule has 8 heteroatoms. The molecule has 2 aromatic rings. The van der Waals surface area contributed by atoms with E-state index >= 15 is 0 Å². The lowest BCUT2D eigenvalue weighted by molar-refractivity contribution is -0.136. The molecular weight excluding hydrogens is 366 g/mol. The second kappa shape index (κ2) is 7.29. The number of imidazole rings is 1. The second-order valence-electron chi connectivity index (χ2n) is 6.47. The van der Waals surface area contributed by atoms with Gasteiger partial charge < -0.3 is 15.0 Å². The van der Waals surface area contributed by atoms with E-state index in [0.717, 1.165) is 16.9 Å². The van der Waals surface area contributed by atoms with Crippen LogP contribution in [0.4, 0.5) is 5.69 Å². The molecule has 0 unspecified atom stereocenters. The molecule has 1 aromatic heterocycles. The lowest BCUT2D eigenvalue weighted by Gasteiger charge is -2.17. The van der Waals surface area contributed by atoms with Crippen LogP contribution >= 0.6 is 35.6 Å². The minimum absolute atomic E-state index is 0.0654. The van der Waals surface area contributed by atoms with Crippen molar-refractivity contribution in [3.05, 3.63) is 23.0 Å². The van der Waals surface area contributed by atoms with E-state index in [9.17, 15) is 4.79 Å². The van der Waals surface area contributed by atoms with Crippen LogP contribution in [0, 0.1) is 0 Å². The fourth-order valence-electron chi connectivity index (χ4n) is 2.36.